The Morgan fingerprint density at radius 1 is 1.20 bits per heavy atom. The van der Waals surface area contributed by atoms with E-state index >= 15 is 0 Å². The molecule has 0 bridgehead atoms. The molecule has 2 aromatic rings. The highest BCUT2D eigenvalue weighted by atomic mass is 16.6. The van der Waals surface area contributed by atoms with Crippen LogP contribution in [-0.2, 0) is 9.53 Å². The maximum Gasteiger partial charge on any atom is 0.305 e. The number of hydrogen-bond donors (Lipinski definition) is 0. The highest BCUT2D eigenvalue weighted by Gasteiger charge is 2.09. The van der Waals surface area contributed by atoms with Crippen LogP contribution in [0.1, 0.15) is 36.8 Å². The Balaban J connectivity index is 2.15. The summed E-state index contributed by atoms with van der Waals surface area (Å²) in [6, 6.07) is 10.3. The molecule has 0 saturated carbocycles. The van der Waals surface area contributed by atoms with Gasteiger partial charge in [0.15, 0.2) is 0 Å². The predicted molar refractivity (Wildman–Crippen MR) is 94.9 cm³/mol. The number of benzene rings is 1. The van der Waals surface area contributed by atoms with E-state index in [1.54, 1.807) is 24.5 Å². The third kappa shape index (κ3) is 5.53. The summed E-state index contributed by atoms with van der Waals surface area (Å²) in [5.74, 6) is -0.202. The van der Waals surface area contributed by atoms with E-state index in [0.717, 1.165) is 36.0 Å². The van der Waals surface area contributed by atoms with Crippen molar-refractivity contribution in [1.82, 2.24) is 4.98 Å². The monoisotopic (exact) mass is 340 g/mol. The molecule has 0 aliphatic rings. The molecule has 0 unspecified atom stereocenters. The number of methoxy groups -OCH3 is 1. The first-order valence-corrected chi connectivity index (χ1v) is 8.04. The average molecular weight is 340 g/mol. The number of nitro groups is 1. The molecule has 0 spiro atoms. The van der Waals surface area contributed by atoms with Gasteiger partial charge in [-0.1, -0.05) is 12.1 Å². The van der Waals surface area contributed by atoms with Gasteiger partial charge in [-0.3, -0.25) is 19.9 Å². The zero-order chi connectivity index (χ0) is 18.1. The normalized spacial score (nSPS) is 11.2. The maximum absolute atomic E-state index is 11.1. The van der Waals surface area contributed by atoms with Gasteiger partial charge in [0.05, 0.1) is 12.0 Å². The largest absolute Gasteiger partial charge is 0.469 e. The highest BCUT2D eigenvalue weighted by molar-refractivity contribution is 5.79. The number of nitro benzene ring substituents is 1. The van der Waals surface area contributed by atoms with Gasteiger partial charge >= 0.3 is 5.97 Å². The minimum atomic E-state index is -0.413. The number of unbranched alkanes of at least 4 members (excludes halogenated alkanes) is 2. The lowest BCUT2D eigenvalue weighted by molar-refractivity contribution is -0.384. The standard InChI is InChI=1S/C19H20N2O4/c1-25-19(22)8-4-2-3-7-18(16-6-5-13-20-14-16)15-9-11-17(12-10-15)21(23)24/h5-7,9-14H,2-4,8H2,1H3/b18-7+. The molecule has 0 N–H and O–H groups in total. The van der Waals surface area contributed by atoms with Crippen molar-refractivity contribution in [2.24, 2.45) is 0 Å². The lowest BCUT2D eigenvalue weighted by Gasteiger charge is -2.08. The van der Waals surface area contributed by atoms with E-state index in [0.29, 0.717) is 6.42 Å². The van der Waals surface area contributed by atoms with Crippen molar-refractivity contribution in [1.29, 1.82) is 0 Å². The highest BCUT2D eigenvalue weighted by Crippen LogP contribution is 2.25. The number of carbonyl (C=O) groups excluding carboxylic acids is 1. The van der Waals surface area contributed by atoms with E-state index in [2.05, 4.69) is 15.8 Å². The van der Waals surface area contributed by atoms with Gasteiger partial charge in [-0.15, -0.1) is 0 Å². The van der Waals surface area contributed by atoms with E-state index < -0.39 is 4.92 Å². The SMILES string of the molecule is COC(=O)CCCC/C=C(\c1ccc([N+](=O)[O-])cc1)c1cccnc1. The molecule has 0 aliphatic heterocycles. The molecule has 25 heavy (non-hydrogen) atoms. The number of allylic oxidation sites excluding steroid dienone is 1. The van der Waals surface area contributed by atoms with E-state index in [1.165, 1.54) is 19.2 Å². The van der Waals surface area contributed by atoms with Crippen molar-refractivity contribution in [3.05, 3.63) is 76.1 Å². The number of pyridine rings is 1. The van der Waals surface area contributed by atoms with E-state index in [-0.39, 0.29) is 11.7 Å². The summed E-state index contributed by atoms with van der Waals surface area (Å²) in [7, 11) is 1.39. The molecule has 2 rings (SSSR count). The third-order valence-corrected chi connectivity index (χ3v) is 3.77. The average Bonchev–Trinajstić information content (AvgIpc) is 2.65. The second-order valence-electron chi connectivity index (χ2n) is 5.49. The van der Waals surface area contributed by atoms with Crippen LogP contribution in [0.25, 0.3) is 5.57 Å². The molecule has 0 aliphatic carbocycles. The van der Waals surface area contributed by atoms with Crippen LogP contribution in [0.4, 0.5) is 5.69 Å². The van der Waals surface area contributed by atoms with Crippen molar-refractivity contribution < 1.29 is 14.5 Å². The van der Waals surface area contributed by atoms with Gasteiger partial charge in [0.1, 0.15) is 0 Å². The molecule has 0 amide bonds. The Kier molecular flexibility index (Phi) is 6.83. The topological polar surface area (TPSA) is 82.3 Å². The van der Waals surface area contributed by atoms with E-state index in [9.17, 15) is 14.9 Å². The maximum atomic E-state index is 11.1. The van der Waals surface area contributed by atoms with Crippen molar-refractivity contribution in [2.75, 3.05) is 7.11 Å². The fourth-order valence-electron chi connectivity index (χ4n) is 2.45. The summed E-state index contributed by atoms with van der Waals surface area (Å²) in [4.78, 5) is 25.7. The number of nitrogens with zero attached hydrogens (tertiary/aromatic N) is 2. The number of rotatable bonds is 8. The molecule has 1 aromatic heterocycles. The number of ether oxygens (including phenoxy) is 1. The zero-order valence-electron chi connectivity index (χ0n) is 14.1. The fraction of sp³-hybridized carbons (Fsp3) is 0.263. The lowest BCUT2D eigenvalue weighted by atomic mass is 9.97. The fourth-order valence-corrected chi connectivity index (χ4v) is 2.45. The first-order chi connectivity index (χ1) is 12.1. The number of non-ortho nitro benzene ring substituents is 1. The van der Waals surface area contributed by atoms with Gasteiger partial charge in [-0.25, -0.2) is 0 Å². The molecule has 1 aromatic carbocycles. The van der Waals surface area contributed by atoms with Crippen LogP contribution in [0.2, 0.25) is 0 Å². The van der Waals surface area contributed by atoms with Gasteiger partial charge in [-0.05, 0) is 48.6 Å². The van der Waals surface area contributed by atoms with Crippen molar-refractivity contribution in [3.63, 3.8) is 0 Å². The first-order valence-electron chi connectivity index (χ1n) is 8.04. The van der Waals surface area contributed by atoms with E-state index in [4.69, 9.17) is 0 Å². The molecular weight excluding hydrogens is 320 g/mol. The number of hydrogen-bond acceptors (Lipinski definition) is 5. The van der Waals surface area contributed by atoms with Crippen LogP contribution >= 0.6 is 0 Å². The second kappa shape index (κ2) is 9.32. The number of aromatic nitrogens is 1. The van der Waals surface area contributed by atoms with Gasteiger partial charge in [0.25, 0.3) is 5.69 Å². The first kappa shape index (κ1) is 18.3. The summed E-state index contributed by atoms with van der Waals surface area (Å²) in [5.41, 5.74) is 2.88. The molecule has 0 fully saturated rings. The number of carbonyl (C=O) groups is 1. The summed E-state index contributed by atoms with van der Waals surface area (Å²) >= 11 is 0. The van der Waals surface area contributed by atoms with Crippen LogP contribution in [0.3, 0.4) is 0 Å². The van der Waals surface area contributed by atoms with Crippen LogP contribution in [0.5, 0.6) is 0 Å². The molecular formula is C19H20N2O4. The van der Waals surface area contributed by atoms with Gasteiger partial charge in [0.2, 0.25) is 0 Å². The Bertz CT molecular complexity index is 740. The number of esters is 1. The summed E-state index contributed by atoms with van der Waals surface area (Å²) in [6.07, 6.45) is 8.35. The second-order valence-corrected chi connectivity index (χ2v) is 5.49. The molecule has 6 heteroatoms. The van der Waals surface area contributed by atoms with Gasteiger partial charge in [0, 0.05) is 36.5 Å². The Morgan fingerprint density at radius 3 is 2.56 bits per heavy atom. The Labute approximate surface area is 146 Å². The quantitative estimate of drug-likeness (QED) is 0.312. The molecule has 130 valence electrons. The lowest BCUT2D eigenvalue weighted by Crippen LogP contribution is -1.99. The Hall–Kier alpha value is -3.02. The van der Waals surface area contributed by atoms with Gasteiger partial charge < -0.3 is 4.74 Å². The minimum absolute atomic E-state index is 0.0624. The smallest absolute Gasteiger partial charge is 0.305 e. The van der Waals surface area contributed by atoms with Crippen molar-refractivity contribution in [3.8, 4) is 0 Å². The molecule has 0 radical (unpaired) electrons. The molecule has 1 heterocycles. The van der Waals surface area contributed by atoms with E-state index in [1.807, 2.05) is 12.1 Å². The minimum Gasteiger partial charge on any atom is -0.469 e. The van der Waals surface area contributed by atoms with Crippen LogP contribution < -0.4 is 0 Å². The summed E-state index contributed by atoms with van der Waals surface area (Å²) < 4.78 is 4.63. The Morgan fingerprint density at radius 2 is 1.96 bits per heavy atom. The van der Waals surface area contributed by atoms with Crippen LogP contribution in [0.15, 0.2) is 54.9 Å². The molecule has 6 nitrogen and oxygen atoms in total. The molecule has 0 saturated heterocycles. The van der Waals surface area contributed by atoms with Crippen LogP contribution in [-0.4, -0.2) is 23.0 Å². The van der Waals surface area contributed by atoms with Gasteiger partial charge in [-0.2, -0.15) is 0 Å². The molecule has 0 atom stereocenters. The zero-order valence-corrected chi connectivity index (χ0v) is 14.1. The van der Waals surface area contributed by atoms with Crippen molar-refractivity contribution in [2.45, 2.75) is 25.7 Å². The summed E-state index contributed by atoms with van der Waals surface area (Å²) in [5, 5.41) is 10.8. The third-order valence-electron chi connectivity index (χ3n) is 3.77. The summed E-state index contributed by atoms with van der Waals surface area (Å²) in [6.45, 7) is 0. The van der Waals surface area contributed by atoms with Crippen molar-refractivity contribution >= 4 is 17.2 Å². The van der Waals surface area contributed by atoms with Crippen LogP contribution in [0, 0.1) is 10.1 Å². The predicted octanol–water partition coefficient (Wildman–Crippen LogP) is 4.15.